The molecule has 0 heterocycles. The molecule has 0 aromatic heterocycles. The van der Waals surface area contributed by atoms with Gasteiger partial charge in [-0.2, -0.15) is 0 Å². The van der Waals surface area contributed by atoms with Crippen LogP contribution in [0, 0.1) is 5.92 Å². The Labute approximate surface area is 227 Å². The molecule has 168 valence electrons. The Kier molecular flexibility index (Phi) is 6.56. The molecule has 4 aromatic rings. The lowest BCUT2D eigenvalue weighted by molar-refractivity contribution is 0.412. The zero-order chi connectivity index (χ0) is 26.5. The number of hydrogen-bond donors (Lipinski definition) is 0. The van der Waals surface area contributed by atoms with Crippen LogP contribution in [0.25, 0.3) is 11.1 Å². The Morgan fingerprint density at radius 2 is 1.30 bits per heavy atom. The van der Waals surface area contributed by atoms with E-state index >= 15 is 0 Å². The Hall–Kier alpha value is -3.26. The van der Waals surface area contributed by atoms with Gasteiger partial charge in [0.05, 0.1) is 0 Å². The van der Waals surface area contributed by atoms with E-state index in [0.29, 0.717) is 11.6 Å². The summed E-state index contributed by atoms with van der Waals surface area (Å²) in [6.45, 7) is 8.82. The first-order valence-electron chi connectivity index (χ1n) is 12.5. The normalized spacial score (nSPS) is 16.6. The second kappa shape index (κ2) is 9.56. The fourth-order valence-corrected chi connectivity index (χ4v) is 5.81. The van der Waals surface area contributed by atoms with Gasteiger partial charge in [0.25, 0.3) is 0 Å². The number of allylic oxidation sites excluding steroid dienone is 1. The van der Waals surface area contributed by atoms with Crippen molar-refractivity contribution < 1.29 is 0 Å². The van der Waals surface area contributed by atoms with Gasteiger partial charge in [-0.05, 0) is 52.4 Å². The molecule has 1 nitrogen and oxygen atoms in total. The van der Waals surface area contributed by atoms with E-state index in [1.807, 2.05) is 35.2 Å². The maximum Gasteiger partial charge on any atom is 0.115 e. The van der Waals surface area contributed by atoms with Gasteiger partial charge in [-0.3, -0.25) is 0 Å². The number of nitrogens with zero attached hydrogens (tertiary/aromatic N) is 1. The van der Waals surface area contributed by atoms with E-state index in [1.54, 1.807) is 0 Å². The summed E-state index contributed by atoms with van der Waals surface area (Å²) in [7, 11) is 31.8. The maximum absolute atomic E-state index is 6.54. The van der Waals surface area contributed by atoms with Gasteiger partial charge < -0.3 is 4.90 Å². The monoisotopic (exact) mass is 465 g/mol. The average molecular weight is 465 g/mol. The van der Waals surface area contributed by atoms with Crippen molar-refractivity contribution in [2.75, 3.05) is 4.90 Å². The number of anilines is 3. The standard InChI is InChI=1S/C31H24B5N/c1-4-18(3)31(5-2)23-14-10-9-13-21(23)22-17-20(15-16-24(22)31)37(19-11-7-6-8-12-19)30-28(35)26(33)25(32)27(34)29(30)36/h5-18H,2,4H2,1,3H3. The number of fused-ring (bicyclic) bond motifs is 3. The molecule has 6 heteroatoms. The van der Waals surface area contributed by atoms with E-state index in [1.165, 1.54) is 16.7 Å². The highest BCUT2D eigenvalue weighted by molar-refractivity contribution is 6.69. The zero-order valence-electron chi connectivity index (χ0n) is 21.3. The fraction of sp³-hybridized carbons (Fsp3) is 0.161. The summed E-state index contributed by atoms with van der Waals surface area (Å²) in [6, 6.07) is 25.0. The van der Waals surface area contributed by atoms with Crippen molar-refractivity contribution in [3.05, 3.63) is 96.6 Å². The van der Waals surface area contributed by atoms with Gasteiger partial charge in [-0.1, -0.05) is 85.8 Å². The molecule has 2 unspecified atom stereocenters. The molecule has 1 aliphatic carbocycles. The summed E-state index contributed by atoms with van der Waals surface area (Å²) >= 11 is 0. The summed E-state index contributed by atoms with van der Waals surface area (Å²) in [5.74, 6) is 0.367. The van der Waals surface area contributed by atoms with Crippen LogP contribution in [0.3, 0.4) is 0 Å². The van der Waals surface area contributed by atoms with Gasteiger partial charge in [0.15, 0.2) is 0 Å². The van der Waals surface area contributed by atoms with Crippen LogP contribution in [-0.4, -0.2) is 39.2 Å². The molecule has 1 aliphatic rings. The van der Waals surface area contributed by atoms with Gasteiger partial charge in [-0.15, -0.1) is 23.0 Å². The SMILES string of the molecule is [B]c1c([B])c([B])c(N(c2ccccc2)c2ccc3c(c2)-c2ccccc2C3(C=C)C(C)CC)c([B])c1[B]. The lowest BCUT2D eigenvalue weighted by Crippen LogP contribution is -2.56. The molecule has 5 rings (SSSR count). The maximum atomic E-state index is 6.54. The highest BCUT2D eigenvalue weighted by Gasteiger charge is 2.44. The molecule has 4 aromatic carbocycles. The van der Waals surface area contributed by atoms with Crippen LogP contribution in [0.4, 0.5) is 17.1 Å². The number of rotatable bonds is 6. The molecule has 0 saturated heterocycles. The average Bonchev–Trinajstić information content (AvgIpc) is 3.23. The third-order valence-corrected chi connectivity index (χ3v) is 7.99. The largest absolute Gasteiger partial charge is 0.312 e. The van der Waals surface area contributed by atoms with Crippen molar-refractivity contribution in [3.63, 3.8) is 0 Å². The van der Waals surface area contributed by atoms with Gasteiger partial charge in [-0.25, -0.2) is 0 Å². The molecule has 0 N–H and O–H groups in total. The number of benzene rings is 4. The highest BCUT2D eigenvalue weighted by atomic mass is 15.1. The molecule has 2 atom stereocenters. The van der Waals surface area contributed by atoms with Crippen LogP contribution >= 0.6 is 0 Å². The predicted octanol–water partition coefficient (Wildman–Crippen LogP) is 2.62. The Bertz CT molecular complexity index is 1490. The summed E-state index contributed by atoms with van der Waals surface area (Å²) in [4.78, 5) is 2.00. The molecule has 0 saturated carbocycles. The minimum absolute atomic E-state index is 0.193. The topological polar surface area (TPSA) is 3.24 Å². The minimum atomic E-state index is -0.273. The highest BCUT2D eigenvalue weighted by Crippen LogP contribution is 2.55. The van der Waals surface area contributed by atoms with Crippen molar-refractivity contribution in [2.24, 2.45) is 5.92 Å². The first-order chi connectivity index (χ1) is 17.8. The van der Waals surface area contributed by atoms with Crippen molar-refractivity contribution in [3.8, 4) is 11.1 Å². The second-order valence-corrected chi connectivity index (χ2v) is 9.75. The minimum Gasteiger partial charge on any atom is -0.312 e. The van der Waals surface area contributed by atoms with Gasteiger partial charge in [0.1, 0.15) is 39.2 Å². The zero-order valence-corrected chi connectivity index (χ0v) is 21.3. The Morgan fingerprint density at radius 3 is 1.92 bits per heavy atom. The van der Waals surface area contributed by atoms with Crippen LogP contribution < -0.4 is 32.2 Å². The first-order valence-corrected chi connectivity index (χ1v) is 12.5. The van der Waals surface area contributed by atoms with E-state index in [9.17, 15) is 0 Å². The first kappa shape index (κ1) is 25.4. The van der Waals surface area contributed by atoms with Crippen LogP contribution in [0.5, 0.6) is 0 Å². The molecular formula is C31H24B5N. The van der Waals surface area contributed by atoms with E-state index in [0.717, 1.165) is 23.4 Å². The van der Waals surface area contributed by atoms with E-state index in [2.05, 4.69) is 69.0 Å². The number of para-hydroxylation sites is 1. The molecule has 0 amide bonds. The van der Waals surface area contributed by atoms with E-state index < -0.39 is 0 Å². The summed E-state index contributed by atoms with van der Waals surface area (Å²) in [5, 5.41) is 0. The molecule has 10 radical (unpaired) electrons. The third-order valence-electron chi connectivity index (χ3n) is 7.99. The van der Waals surface area contributed by atoms with E-state index in [4.69, 9.17) is 39.2 Å². The van der Waals surface area contributed by atoms with Crippen LogP contribution in [-0.2, 0) is 5.41 Å². The lowest BCUT2D eigenvalue weighted by Gasteiger charge is -2.35. The summed E-state index contributed by atoms with van der Waals surface area (Å²) in [6.07, 6.45) is 3.13. The van der Waals surface area contributed by atoms with Crippen molar-refractivity contribution in [1.82, 2.24) is 0 Å². The summed E-state index contributed by atoms with van der Waals surface area (Å²) < 4.78 is 0. The molecule has 0 bridgehead atoms. The fourth-order valence-electron chi connectivity index (χ4n) is 5.81. The van der Waals surface area contributed by atoms with Crippen LogP contribution in [0.15, 0.2) is 85.5 Å². The van der Waals surface area contributed by atoms with Crippen LogP contribution in [0.2, 0.25) is 0 Å². The predicted molar refractivity (Wildman–Crippen MR) is 164 cm³/mol. The van der Waals surface area contributed by atoms with Crippen LogP contribution in [0.1, 0.15) is 31.4 Å². The van der Waals surface area contributed by atoms with Crippen molar-refractivity contribution in [1.29, 1.82) is 0 Å². The van der Waals surface area contributed by atoms with Gasteiger partial charge in [0, 0.05) is 22.5 Å². The quantitative estimate of drug-likeness (QED) is 0.313. The van der Waals surface area contributed by atoms with E-state index in [-0.39, 0.29) is 32.7 Å². The lowest BCUT2D eigenvalue weighted by atomic mass is 9.61. The van der Waals surface area contributed by atoms with Crippen molar-refractivity contribution in [2.45, 2.75) is 25.7 Å². The third kappa shape index (κ3) is 3.68. The molecule has 0 spiro atoms. The smallest absolute Gasteiger partial charge is 0.115 e. The van der Waals surface area contributed by atoms with Gasteiger partial charge >= 0.3 is 0 Å². The molecular weight excluding hydrogens is 440 g/mol. The Morgan fingerprint density at radius 1 is 0.730 bits per heavy atom. The number of hydrogen-bond acceptors (Lipinski definition) is 1. The van der Waals surface area contributed by atoms with Crippen molar-refractivity contribution >= 4 is 83.6 Å². The molecule has 0 aliphatic heterocycles. The molecule has 0 fully saturated rings. The Balaban J connectivity index is 1.82. The molecule has 37 heavy (non-hydrogen) atoms. The second-order valence-electron chi connectivity index (χ2n) is 9.75. The summed E-state index contributed by atoms with van der Waals surface area (Å²) in [5.41, 5.74) is 8.06. The van der Waals surface area contributed by atoms with Gasteiger partial charge in [0.2, 0.25) is 0 Å².